The summed E-state index contributed by atoms with van der Waals surface area (Å²) >= 11 is 5.18. The Kier molecular flexibility index (Phi) is 4.71. The zero-order valence-electron chi connectivity index (χ0n) is 13.2. The number of methoxy groups -OCH3 is 2. The average molecular weight is 345 g/mol. The lowest BCUT2D eigenvalue weighted by Gasteiger charge is -2.27. The maximum Gasteiger partial charge on any atom is 0.198 e. The summed E-state index contributed by atoms with van der Waals surface area (Å²) in [7, 11) is 3.15. The highest BCUT2D eigenvalue weighted by molar-refractivity contribution is 7.80. The van der Waals surface area contributed by atoms with Gasteiger partial charge in [0.15, 0.2) is 16.6 Å². The quantitative estimate of drug-likeness (QED) is 0.853. The summed E-state index contributed by atoms with van der Waals surface area (Å²) < 4.78 is 23.6. The maximum atomic E-state index is 13.0. The van der Waals surface area contributed by atoms with Gasteiger partial charge in [-0.25, -0.2) is 9.38 Å². The van der Waals surface area contributed by atoms with E-state index in [0.717, 1.165) is 11.3 Å². The van der Waals surface area contributed by atoms with Gasteiger partial charge in [-0.2, -0.15) is 0 Å². The number of hydrogen-bond acceptors (Lipinski definition) is 4. The Hall–Kier alpha value is -2.54. The Morgan fingerprint density at radius 2 is 1.92 bits per heavy atom. The topological polar surface area (TPSA) is 55.2 Å². The number of nitrogens with zero attached hydrogens (tertiary/aromatic N) is 2. The van der Waals surface area contributed by atoms with Crippen LogP contribution < -0.4 is 5.32 Å². The van der Waals surface area contributed by atoms with Crippen LogP contribution in [0.3, 0.4) is 0 Å². The predicted molar refractivity (Wildman–Crippen MR) is 94.4 cm³/mol. The van der Waals surface area contributed by atoms with E-state index in [9.17, 15) is 4.39 Å². The Bertz CT molecular complexity index is 782. The molecule has 0 spiro atoms. The van der Waals surface area contributed by atoms with Gasteiger partial charge in [0.2, 0.25) is 0 Å². The molecule has 1 atom stereocenters. The van der Waals surface area contributed by atoms with Crippen LogP contribution in [0.25, 0.3) is 0 Å². The van der Waals surface area contributed by atoms with Crippen LogP contribution >= 0.6 is 12.2 Å². The summed E-state index contributed by atoms with van der Waals surface area (Å²) in [6, 6.07) is 6.24. The molecule has 0 bridgehead atoms. The highest BCUT2D eigenvalue weighted by atomic mass is 32.1. The highest BCUT2D eigenvalue weighted by Crippen LogP contribution is 2.25. The lowest BCUT2D eigenvalue weighted by molar-refractivity contribution is 0.218. The highest BCUT2D eigenvalue weighted by Gasteiger charge is 2.30. The normalized spacial score (nSPS) is 21.3. The number of ether oxygens (including phenoxy) is 2. The Morgan fingerprint density at radius 1 is 1.21 bits per heavy atom. The zero-order chi connectivity index (χ0) is 17.1. The van der Waals surface area contributed by atoms with Crippen LogP contribution in [0, 0.1) is 11.7 Å². The molecular formula is C17H16FN3O2S. The monoisotopic (exact) mass is 345 g/mol. The third kappa shape index (κ3) is 3.35. The third-order valence-electron chi connectivity index (χ3n) is 3.70. The molecule has 3 rings (SSSR count). The number of thiocarbonyl (C=S) groups is 1. The molecule has 1 heterocycles. The van der Waals surface area contributed by atoms with Gasteiger partial charge in [-0.15, -0.1) is 0 Å². The fraction of sp³-hybridized carbons (Fsp3) is 0.235. The molecule has 0 aromatic heterocycles. The van der Waals surface area contributed by atoms with E-state index >= 15 is 0 Å². The second-order valence-corrected chi connectivity index (χ2v) is 5.61. The van der Waals surface area contributed by atoms with Crippen molar-refractivity contribution in [1.29, 1.82) is 0 Å². The number of amidine groups is 1. The summed E-state index contributed by atoms with van der Waals surface area (Å²) in [5.74, 6) is 1.43. The first kappa shape index (κ1) is 16.3. The lowest BCUT2D eigenvalue weighted by Crippen LogP contribution is -2.43. The van der Waals surface area contributed by atoms with Crippen LogP contribution in [0.15, 0.2) is 57.9 Å². The van der Waals surface area contributed by atoms with Crippen molar-refractivity contribution in [3.05, 3.63) is 59.3 Å². The number of nitrogens with one attached hydrogen (secondary N) is 1. The van der Waals surface area contributed by atoms with Crippen molar-refractivity contribution >= 4 is 28.9 Å². The summed E-state index contributed by atoms with van der Waals surface area (Å²) in [6.07, 6.45) is 3.68. The van der Waals surface area contributed by atoms with Crippen LogP contribution in [-0.2, 0) is 16.0 Å². The zero-order valence-corrected chi connectivity index (χ0v) is 14.1. The number of aliphatic imine (C=N–C) groups is 2. The molecule has 7 heteroatoms. The second kappa shape index (κ2) is 6.92. The molecule has 1 aliphatic heterocycles. The molecule has 1 unspecified atom stereocenters. The van der Waals surface area contributed by atoms with Gasteiger partial charge in [-0.05, 0) is 36.0 Å². The van der Waals surface area contributed by atoms with E-state index in [4.69, 9.17) is 21.7 Å². The summed E-state index contributed by atoms with van der Waals surface area (Å²) in [6.45, 7) is 0.409. The van der Waals surface area contributed by atoms with Crippen LogP contribution in [-0.4, -0.2) is 30.9 Å². The Morgan fingerprint density at radius 3 is 2.58 bits per heavy atom. The first-order valence-corrected chi connectivity index (χ1v) is 7.71. The largest absolute Gasteiger partial charge is 0.493 e. The minimum atomic E-state index is -0.269. The fourth-order valence-electron chi connectivity index (χ4n) is 2.50. The van der Waals surface area contributed by atoms with E-state index in [1.807, 2.05) is 6.08 Å². The second-order valence-electron chi connectivity index (χ2n) is 5.22. The van der Waals surface area contributed by atoms with Gasteiger partial charge < -0.3 is 14.8 Å². The lowest BCUT2D eigenvalue weighted by atomic mass is 9.94. The molecule has 0 fully saturated rings. The summed E-state index contributed by atoms with van der Waals surface area (Å²) in [5, 5.41) is 3.37. The molecule has 0 saturated heterocycles. The van der Waals surface area contributed by atoms with Crippen molar-refractivity contribution in [2.24, 2.45) is 15.9 Å². The van der Waals surface area contributed by atoms with Crippen molar-refractivity contribution in [3.63, 3.8) is 0 Å². The van der Waals surface area contributed by atoms with Crippen molar-refractivity contribution < 1.29 is 13.9 Å². The Labute approximate surface area is 144 Å². The minimum absolute atomic E-state index is 0.189. The van der Waals surface area contributed by atoms with E-state index in [0.29, 0.717) is 29.0 Å². The number of hydrogen-bond donors (Lipinski definition) is 1. The molecule has 1 aromatic carbocycles. The number of halogens is 1. The number of fused-ring (bicyclic) bond motifs is 1. The Balaban J connectivity index is 1.89. The van der Waals surface area contributed by atoms with Gasteiger partial charge in [0.05, 0.1) is 32.4 Å². The number of allylic oxidation sites excluding steroid dienone is 1. The standard InChI is InChI=1S/C17H16FN3O2S/c1-22-14-7-12-13(8-15(14)23-2)20-17(24)21-16(12)19-9-10-3-5-11(18)6-4-10/h3-8,12H,9H2,1-2H3,(H,19,21,24). The van der Waals surface area contributed by atoms with Gasteiger partial charge in [0, 0.05) is 6.08 Å². The first-order chi connectivity index (χ1) is 11.6. The SMILES string of the molecule is COC1=CC2=NC(=S)NC(=NCc3ccc(F)cc3)C2C=C1OC. The van der Waals surface area contributed by atoms with Gasteiger partial charge in [0.1, 0.15) is 11.7 Å². The average Bonchev–Trinajstić information content (AvgIpc) is 2.59. The molecule has 1 aromatic rings. The van der Waals surface area contributed by atoms with Crippen molar-refractivity contribution in [2.45, 2.75) is 6.54 Å². The van der Waals surface area contributed by atoms with Gasteiger partial charge in [-0.3, -0.25) is 4.99 Å². The molecule has 124 valence electrons. The number of benzene rings is 1. The fourth-order valence-corrected chi connectivity index (χ4v) is 2.71. The van der Waals surface area contributed by atoms with E-state index in [1.54, 1.807) is 32.4 Å². The molecule has 0 radical (unpaired) electrons. The molecular weight excluding hydrogens is 329 g/mol. The van der Waals surface area contributed by atoms with Gasteiger partial charge >= 0.3 is 0 Å². The van der Waals surface area contributed by atoms with Crippen molar-refractivity contribution in [1.82, 2.24) is 5.32 Å². The smallest absolute Gasteiger partial charge is 0.198 e. The number of rotatable bonds is 4. The molecule has 0 amide bonds. The van der Waals surface area contributed by atoms with E-state index in [1.165, 1.54) is 12.1 Å². The summed E-state index contributed by atoms with van der Waals surface area (Å²) in [4.78, 5) is 8.92. The third-order valence-corrected chi connectivity index (χ3v) is 3.90. The van der Waals surface area contributed by atoms with Gasteiger partial charge in [-0.1, -0.05) is 12.1 Å². The maximum absolute atomic E-state index is 13.0. The van der Waals surface area contributed by atoms with E-state index in [2.05, 4.69) is 15.3 Å². The van der Waals surface area contributed by atoms with Crippen molar-refractivity contribution in [3.8, 4) is 0 Å². The van der Waals surface area contributed by atoms with E-state index < -0.39 is 0 Å². The molecule has 24 heavy (non-hydrogen) atoms. The molecule has 0 saturated carbocycles. The van der Waals surface area contributed by atoms with Crippen LogP contribution in [0.4, 0.5) is 4.39 Å². The minimum Gasteiger partial charge on any atom is -0.493 e. The molecule has 1 N–H and O–H groups in total. The molecule has 5 nitrogen and oxygen atoms in total. The summed E-state index contributed by atoms with van der Waals surface area (Å²) in [5.41, 5.74) is 1.65. The van der Waals surface area contributed by atoms with E-state index in [-0.39, 0.29) is 11.7 Å². The van der Waals surface area contributed by atoms with Crippen LogP contribution in [0.1, 0.15) is 5.56 Å². The van der Waals surface area contributed by atoms with Crippen LogP contribution in [0.2, 0.25) is 0 Å². The first-order valence-electron chi connectivity index (χ1n) is 7.31. The molecule has 2 aliphatic rings. The van der Waals surface area contributed by atoms with Crippen molar-refractivity contribution in [2.75, 3.05) is 14.2 Å². The molecule has 1 aliphatic carbocycles. The van der Waals surface area contributed by atoms with Gasteiger partial charge in [0.25, 0.3) is 0 Å². The predicted octanol–water partition coefficient (Wildman–Crippen LogP) is 2.74. The van der Waals surface area contributed by atoms with Crippen LogP contribution in [0.5, 0.6) is 0 Å².